The van der Waals surface area contributed by atoms with Gasteiger partial charge >= 0.3 is 6.18 Å². The fraction of sp³-hybridized carbons (Fsp3) is 0.350. The zero-order valence-electron chi connectivity index (χ0n) is 17.2. The number of carbonyl (C=O) groups is 1. The topological polar surface area (TPSA) is 114 Å². The van der Waals surface area contributed by atoms with Gasteiger partial charge in [-0.3, -0.25) is 9.48 Å². The van der Waals surface area contributed by atoms with E-state index in [2.05, 4.69) is 15.4 Å². The first-order chi connectivity index (χ1) is 14.9. The molecule has 1 atom stereocenters. The van der Waals surface area contributed by atoms with Crippen LogP contribution in [0, 0.1) is 0 Å². The highest BCUT2D eigenvalue weighted by atomic mass is 32.2. The summed E-state index contributed by atoms with van der Waals surface area (Å²) in [5.41, 5.74) is -0.272. The van der Waals surface area contributed by atoms with Crippen molar-refractivity contribution in [1.29, 1.82) is 0 Å². The lowest BCUT2D eigenvalue weighted by molar-refractivity contribution is -0.141. The van der Waals surface area contributed by atoms with Crippen LogP contribution >= 0.6 is 0 Å². The Labute approximate surface area is 182 Å². The fourth-order valence-electron chi connectivity index (χ4n) is 3.03. The van der Waals surface area contributed by atoms with Gasteiger partial charge in [0.1, 0.15) is 21.2 Å². The number of aromatic nitrogens is 3. The average molecular weight is 470 g/mol. The predicted octanol–water partition coefficient (Wildman–Crippen LogP) is 2.84. The van der Waals surface area contributed by atoms with Gasteiger partial charge in [-0.05, 0) is 29.8 Å². The molecule has 172 valence electrons. The van der Waals surface area contributed by atoms with Crippen LogP contribution in [0.1, 0.15) is 34.6 Å². The van der Waals surface area contributed by atoms with Gasteiger partial charge in [0.2, 0.25) is 0 Å². The van der Waals surface area contributed by atoms with E-state index in [1.807, 2.05) is 0 Å². The minimum atomic E-state index is -4.69. The number of benzene rings is 1. The number of fused-ring (bicyclic) bond motifs is 1. The van der Waals surface area contributed by atoms with Gasteiger partial charge in [-0.15, -0.1) is 0 Å². The van der Waals surface area contributed by atoms with Crippen molar-refractivity contribution in [3.8, 4) is 0 Å². The van der Waals surface area contributed by atoms with Crippen LogP contribution < -0.4 is 5.32 Å². The van der Waals surface area contributed by atoms with E-state index in [1.165, 1.54) is 10.7 Å². The van der Waals surface area contributed by atoms with Gasteiger partial charge in [0.05, 0.1) is 17.8 Å². The molecule has 12 heteroatoms. The number of hydrogen-bond acceptors (Lipinski definition) is 6. The molecule has 2 N–H and O–H groups in total. The monoisotopic (exact) mass is 470 g/mol. The molecule has 0 spiro atoms. The second-order valence-corrected chi connectivity index (χ2v) is 9.72. The molecule has 0 saturated heterocycles. The molecule has 0 aliphatic carbocycles. The number of carbonyl (C=O) groups excluding carboxylic acids is 1. The number of anilines is 1. The van der Waals surface area contributed by atoms with E-state index in [-0.39, 0.29) is 24.6 Å². The summed E-state index contributed by atoms with van der Waals surface area (Å²) in [5, 5.41) is 17.1. The third-order valence-electron chi connectivity index (χ3n) is 4.74. The molecule has 0 radical (unpaired) electrons. The van der Waals surface area contributed by atoms with Crippen LogP contribution in [-0.2, 0) is 22.6 Å². The number of amides is 1. The van der Waals surface area contributed by atoms with Crippen molar-refractivity contribution in [2.45, 2.75) is 25.6 Å². The van der Waals surface area contributed by atoms with Crippen LogP contribution in [0.2, 0.25) is 0 Å². The minimum Gasteiger partial charge on any atom is -0.396 e. The maximum Gasteiger partial charge on any atom is 0.433 e. The molecular formula is C20H21F3N4O4S. The lowest BCUT2D eigenvalue weighted by Gasteiger charge is -2.16. The minimum absolute atomic E-state index is 0.105. The van der Waals surface area contributed by atoms with Crippen molar-refractivity contribution in [2.24, 2.45) is 0 Å². The normalized spacial score (nSPS) is 13.3. The molecule has 3 aromatic rings. The number of hydrogen-bond donors (Lipinski definition) is 2. The number of pyridine rings is 1. The zero-order valence-corrected chi connectivity index (χ0v) is 18.0. The Bertz CT molecular complexity index is 1260. The summed E-state index contributed by atoms with van der Waals surface area (Å²) in [6.07, 6.45) is -1.97. The summed E-state index contributed by atoms with van der Waals surface area (Å²) in [6.45, 7) is 1.60. The smallest absolute Gasteiger partial charge is 0.396 e. The lowest BCUT2D eigenvalue weighted by atomic mass is 9.98. The number of halogens is 3. The second-order valence-electron chi connectivity index (χ2n) is 7.46. The van der Waals surface area contributed by atoms with E-state index in [1.54, 1.807) is 25.3 Å². The van der Waals surface area contributed by atoms with E-state index >= 15 is 0 Å². The van der Waals surface area contributed by atoms with Crippen LogP contribution in [0.15, 0.2) is 36.5 Å². The SMILES string of the molecule is CC(CO)c1cc2nn(CCS(C)(=O)=O)cc2cc1NC(=O)c1cccc(C(F)(F)F)n1. The van der Waals surface area contributed by atoms with E-state index in [9.17, 15) is 31.5 Å². The molecule has 8 nitrogen and oxygen atoms in total. The molecule has 0 bridgehead atoms. The molecule has 2 aromatic heterocycles. The molecule has 1 amide bonds. The Morgan fingerprint density at radius 1 is 1.28 bits per heavy atom. The van der Waals surface area contributed by atoms with Crippen LogP contribution in [-0.4, -0.2) is 52.8 Å². The highest BCUT2D eigenvalue weighted by Crippen LogP contribution is 2.30. The largest absolute Gasteiger partial charge is 0.433 e. The Morgan fingerprint density at radius 3 is 2.62 bits per heavy atom. The molecule has 1 aromatic carbocycles. The Kier molecular flexibility index (Phi) is 6.56. The zero-order chi connectivity index (χ0) is 23.7. The van der Waals surface area contributed by atoms with Crippen molar-refractivity contribution >= 4 is 32.3 Å². The van der Waals surface area contributed by atoms with Gasteiger partial charge in [0.15, 0.2) is 0 Å². The maximum absolute atomic E-state index is 12.9. The number of sulfone groups is 1. The molecule has 3 rings (SSSR count). The van der Waals surface area contributed by atoms with Crippen molar-refractivity contribution in [3.63, 3.8) is 0 Å². The van der Waals surface area contributed by atoms with Crippen molar-refractivity contribution in [2.75, 3.05) is 23.9 Å². The third-order valence-corrected chi connectivity index (χ3v) is 5.66. The summed E-state index contributed by atoms with van der Waals surface area (Å²) in [5.74, 6) is -1.36. The molecule has 0 saturated carbocycles. The summed E-state index contributed by atoms with van der Waals surface area (Å²) in [6, 6.07) is 6.25. The molecule has 0 aliphatic heterocycles. The summed E-state index contributed by atoms with van der Waals surface area (Å²) >= 11 is 0. The van der Waals surface area contributed by atoms with E-state index in [4.69, 9.17) is 0 Å². The summed E-state index contributed by atoms with van der Waals surface area (Å²) in [7, 11) is -3.19. The molecule has 1 unspecified atom stereocenters. The first-order valence-corrected chi connectivity index (χ1v) is 11.6. The molecular weight excluding hydrogens is 449 g/mol. The second kappa shape index (κ2) is 8.87. The Hall–Kier alpha value is -2.99. The number of rotatable bonds is 7. The first kappa shape index (κ1) is 23.7. The molecule has 0 aliphatic rings. The van der Waals surface area contributed by atoms with Gasteiger partial charge in [-0.25, -0.2) is 13.4 Å². The van der Waals surface area contributed by atoms with Crippen LogP contribution in [0.4, 0.5) is 18.9 Å². The van der Waals surface area contributed by atoms with Gasteiger partial charge < -0.3 is 10.4 Å². The Morgan fingerprint density at radius 2 is 2.00 bits per heavy atom. The highest BCUT2D eigenvalue weighted by Gasteiger charge is 2.33. The molecule has 32 heavy (non-hydrogen) atoms. The maximum atomic E-state index is 12.9. The number of nitrogens with one attached hydrogen (secondary N) is 1. The first-order valence-electron chi connectivity index (χ1n) is 9.52. The van der Waals surface area contributed by atoms with E-state index in [0.29, 0.717) is 16.5 Å². The molecule has 0 fully saturated rings. The number of alkyl halides is 3. The van der Waals surface area contributed by atoms with Gasteiger partial charge in [-0.1, -0.05) is 13.0 Å². The van der Waals surface area contributed by atoms with Crippen molar-refractivity contribution < 1.29 is 31.5 Å². The van der Waals surface area contributed by atoms with E-state index in [0.717, 1.165) is 18.4 Å². The lowest BCUT2D eigenvalue weighted by Crippen LogP contribution is -2.18. The third kappa shape index (κ3) is 5.62. The van der Waals surface area contributed by atoms with Gasteiger partial charge in [-0.2, -0.15) is 18.3 Å². The standard InChI is InChI=1S/C20H21F3N4O4S/c1-12(11-28)14-9-16-13(10-27(26-16)6-7-32(2,30)31)8-17(14)25-19(29)15-4-3-5-18(24-15)20(21,22)23/h3-5,8-10,12,28H,6-7,11H2,1-2H3,(H,25,29). The average Bonchev–Trinajstić information content (AvgIpc) is 3.12. The number of aliphatic hydroxyl groups excluding tert-OH is 1. The van der Waals surface area contributed by atoms with Crippen LogP contribution in [0.25, 0.3) is 10.9 Å². The number of nitrogens with zero attached hydrogens (tertiary/aromatic N) is 3. The number of aliphatic hydroxyl groups is 1. The van der Waals surface area contributed by atoms with Crippen LogP contribution in [0.5, 0.6) is 0 Å². The van der Waals surface area contributed by atoms with Gasteiger partial charge in [0.25, 0.3) is 5.91 Å². The van der Waals surface area contributed by atoms with Crippen molar-refractivity contribution in [1.82, 2.24) is 14.8 Å². The van der Waals surface area contributed by atoms with E-state index < -0.39 is 39.2 Å². The number of aryl methyl sites for hydroxylation is 1. The summed E-state index contributed by atoms with van der Waals surface area (Å²) < 4.78 is 63.0. The van der Waals surface area contributed by atoms with Gasteiger partial charge in [0, 0.05) is 36.1 Å². The quantitative estimate of drug-likeness (QED) is 0.549. The predicted molar refractivity (Wildman–Crippen MR) is 112 cm³/mol. The summed E-state index contributed by atoms with van der Waals surface area (Å²) in [4.78, 5) is 16.0. The van der Waals surface area contributed by atoms with Crippen molar-refractivity contribution in [3.05, 3.63) is 53.5 Å². The van der Waals surface area contributed by atoms with Crippen LogP contribution in [0.3, 0.4) is 0 Å². The fourth-order valence-corrected chi connectivity index (χ4v) is 3.55. The molecule has 2 heterocycles. The highest BCUT2D eigenvalue weighted by molar-refractivity contribution is 7.90. The Balaban J connectivity index is 1.96.